The number of para-hydroxylation sites is 1. The van der Waals surface area contributed by atoms with E-state index in [0.29, 0.717) is 0 Å². The normalized spacial score (nSPS) is 12.0. The molecule has 0 saturated carbocycles. The molecule has 2 aromatic carbocycles. The summed E-state index contributed by atoms with van der Waals surface area (Å²) in [4.78, 5) is 0. The van der Waals surface area contributed by atoms with Crippen LogP contribution in [0.2, 0.25) is 0 Å². The fraction of sp³-hybridized carbons (Fsp3) is 0.294. The minimum absolute atomic E-state index is 0.157. The van der Waals surface area contributed by atoms with Gasteiger partial charge in [-0.25, -0.2) is 0 Å². The molecule has 0 bridgehead atoms. The number of methoxy groups -OCH3 is 1. The number of hydrogen-bond acceptors (Lipinski definition) is 3. The predicted molar refractivity (Wildman–Crippen MR) is 81.5 cm³/mol. The summed E-state index contributed by atoms with van der Waals surface area (Å²) in [5, 5.41) is 0. The molecule has 20 heavy (non-hydrogen) atoms. The van der Waals surface area contributed by atoms with E-state index < -0.39 is 0 Å². The van der Waals surface area contributed by atoms with E-state index in [2.05, 4.69) is 13.0 Å². The molecule has 0 spiro atoms. The molecule has 0 aliphatic carbocycles. The zero-order valence-corrected chi connectivity index (χ0v) is 12.2. The van der Waals surface area contributed by atoms with E-state index in [1.165, 1.54) is 5.56 Å². The monoisotopic (exact) mass is 271 g/mol. The standard InChI is InChI=1S/C17H21NO2/c1-4-13-8-5-6-9-14(13)20-16-11-7-10-15(19-3)17(16)12(2)18/h5-12H,4,18H2,1-3H3. The number of aryl methyl sites for hydroxylation is 1. The molecule has 0 fully saturated rings. The van der Waals surface area contributed by atoms with Crippen molar-refractivity contribution >= 4 is 0 Å². The van der Waals surface area contributed by atoms with Crippen molar-refractivity contribution in [1.29, 1.82) is 0 Å². The van der Waals surface area contributed by atoms with Crippen LogP contribution in [0.15, 0.2) is 42.5 Å². The molecule has 0 radical (unpaired) electrons. The first-order chi connectivity index (χ1) is 9.67. The highest BCUT2D eigenvalue weighted by atomic mass is 16.5. The van der Waals surface area contributed by atoms with Crippen LogP contribution in [0.3, 0.4) is 0 Å². The molecule has 1 atom stereocenters. The van der Waals surface area contributed by atoms with Gasteiger partial charge >= 0.3 is 0 Å². The summed E-state index contributed by atoms with van der Waals surface area (Å²) in [6.45, 7) is 4.04. The smallest absolute Gasteiger partial charge is 0.135 e. The summed E-state index contributed by atoms with van der Waals surface area (Å²) in [6.07, 6.45) is 0.924. The number of hydrogen-bond donors (Lipinski definition) is 1. The van der Waals surface area contributed by atoms with Gasteiger partial charge < -0.3 is 15.2 Å². The lowest BCUT2D eigenvalue weighted by Crippen LogP contribution is -2.09. The Hall–Kier alpha value is -2.00. The summed E-state index contributed by atoms with van der Waals surface area (Å²) < 4.78 is 11.5. The fourth-order valence-electron chi connectivity index (χ4n) is 2.25. The molecule has 2 N–H and O–H groups in total. The number of nitrogens with two attached hydrogens (primary N) is 1. The lowest BCUT2D eigenvalue weighted by atomic mass is 10.1. The molecule has 1 unspecified atom stereocenters. The van der Waals surface area contributed by atoms with Crippen LogP contribution in [0.25, 0.3) is 0 Å². The molecule has 106 valence electrons. The average molecular weight is 271 g/mol. The van der Waals surface area contributed by atoms with Gasteiger partial charge in [0.1, 0.15) is 17.2 Å². The predicted octanol–water partition coefficient (Wildman–Crippen LogP) is 4.07. The van der Waals surface area contributed by atoms with E-state index in [4.69, 9.17) is 15.2 Å². The molecule has 0 heterocycles. The summed E-state index contributed by atoms with van der Waals surface area (Å²) >= 11 is 0. The molecule has 3 nitrogen and oxygen atoms in total. The highest BCUT2D eigenvalue weighted by Gasteiger charge is 2.15. The second kappa shape index (κ2) is 6.44. The second-order valence-electron chi connectivity index (χ2n) is 4.72. The van der Waals surface area contributed by atoms with Crippen LogP contribution in [0.4, 0.5) is 0 Å². The quantitative estimate of drug-likeness (QED) is 0.891. The average Bonchev–Trinajstić information content (AvgIpc) is 2.47. The van der Waals surface area contributed by atoms with Crippen molar-refractivity contribution < 1.29 is 9.47 Å². The SMILES string of the molecule is CCc1ccccc1Oc1cccc(OC)c1C(C)N. The third-order valence-corrected chi connectivity index (χ3v) is 3.27. The van der Waals surface area contributed by atoms with Gasteiger partial charge in [-0.2, -0.15) is 0 Å². The van der Waals surface area contributed by atoms with E-state index in [1.54, 1.807) is 7.11 Å². The third-order valence-electron chi connectivity index (χ3n) is 3.27. The first kappa shape index (κ1) is 14.4. The summed E-state index contributed by atoms with van der Waals surface area (Å²) in [6, 6.07) is 13.6. The van der Waals surface area contributed by atoms with Crippen LogP contribution in [0.5, 0.6) is 17.2 Å². The van der Waals surface area contributed by atoms with E-state index in [-0.39, 0.29) is 6.04 Å². The molecular formula is C17H21NO2. The van der Waals surface area contributed by atoms with Crippen molar-refractivity contribution in [2.24, 2.45) is 5.73 Å². The maximum absolute atomic E-state index is 6.08. The van der Waals surface area contributed by atoms with Crippen molar-refractivity contribution in [3.63, 3.8) is 0 Å². The summed E-state index contributed by atoms with van der Waals surface area (Å²) in [5.74, 6) is 2.37. The van der Waals surface area contributed by atoms with Gasteiger partial charge in [0.25, 0.3) is 0 Å². The number of benzene rings is 2. The topological polar surface area (TPSA) is 44.5 Å². The first-order valence-corrected chi connectivity index (χ1v) is 6.85. The Bertz CT molecular complexity index is 579. The van der Waals surface area contributed by atoms with Gasteiger partial charge in [0.05, 0.1) is 12.7 Å². The van der Waals surface area contributed by atoms with Crippen molar-refractivity contribution in [1.82, 2.24) is 0 Å². The van der Waals surface area contributed by atoms with Crippen molar-refractivity contribution in [3.05, 3.63) is 53.6 Å². The van der Waals surface area contributed by atoms with Gasteiger partial charge in [-0.05, 0) is 37.1 Å². The molecule has 0 aliphatic heterocycles. The molecular weight excluding hydrogens is 250 g/mol. The molecule has 2 aromatic rings. The van der Waals surface area contributed by atoms with E-state index in [0.717, 1.165) is 29.2 Å². The highest BCUT2D eigenvalue weighted by Crippen LogP contribution is 2.36. The molecule has 0 saturated heterocycles. The van der Waals surface area contributed by atoms with Crippen LogP contribution in [0.1, 0.15) is 31.0 Å². The first-order valence-electron chi connectivity index (χ1n) is 6.85. The van der Waals surface area contributed by atoms with Gasteiger partial charge in [0.15, 0.2) is 0 Å². The van der Waals surface area contributed by atoms with Crippen molar-refractivity contribution in [2.75, 3.05) is 7.11 Å². The van der Waals surface area contributed by atoms with Crippen LogP contribution in [-0.4, -0.2) is 7.11 Å². The summed E-state index contributed by atoms with van der Waals surface area (Å²) in [7, 11) is 1.64. The lowest BCUT2D eigenvalue weighted by Gasteiger charge is -2.18. The van der Waals surface area contributed by atoms with Crippen LogP contribution in [0, 0.1) is 0 Å². The third kappa shape index (κ3) is 2.94. The fourth-order valence-corrected chi connectivity index (χ4v) is 2.25. The Balaban J connectivity index is 2.43. The van der Waals surface area contributed by atoms with Gasteiger partial charge in [-0.3, -0.25) is 0 Å². The Morgan fingerprint density at radius 1 is 1.00 bits per heavy atom. The van der Waals surface area contributed by atoms with Crippen LogP contribution < -0.4 is 15.2 Å². The molecule has 2 rings (SSSR count). The van der Waals surface area contributed by atoms with Crippen LogP contribution >= 0.6 is 0 Å². The maximum atomic E-state index is 6.08. The zero-order valence-electron chi connectivity index (χ0n) is 12.2. The minimum Gasteiger partial charge on any atom is -0.496 e. The zero-order chi connectivity index (χ0) is 14.5. The molecule has 3 heteroatoms. The lowest BCUT2D eigenvalue weighted by molar-refractivity contribution is 0.397. The maximum Gasteiger partial charge on any atom is 0.135 e. The van der Waals surface area contributed by atoms with Gasteiger partial charge in [0.2, 0.25) is 0 Å². The largest absolute Gasteiger partial charge is 0.496 e. The Kier molecular flexibility index (Phi) is 4.64. The van der Waals surface area contributed by atoms with E-state index in [9.17, 15) is 0 Å². The van der Waals surface area contributed by atoms with Gasteiger partial charge in [-0.1, -0.05) is 31.2 Å². The van der Waals surface area contributed by atoms with E-state index >= 15 is 0 Å². The van der Waals surface area contributed by atoms with E-state index in [1.807, 2.05) is 43.3 Å². The molecule has 0 aromatic heterocycles. The van der Waals surface area contributed by atoms with Crippen LogP contribution in [-0.2, 0) is 6.42 Å². The van der Waals surface area contributed by atoms with Gasteiger partial charge in [-0.15, -0.1) is 0 Å². The number of rotatable bonds is 5. The second-order valence-corrected chi connectivity index (χ2v) is 4.72. The van der Waals surface area contributed by atoms with Crippen molar-refractivity contribution in [3.8, 4) is 17.2 Å². The van der Waals surface area contributed by atoms with Gasteiger partial charge in [0, 0.05) is 6.04 Å². The minimum atomic E-state index is -0.157. The highest BCUT2D eigenvalue weighted by molar-refractivity contribution is 5.49. The van der Waals surface area contributed by atoms with Crippen molar-refractivity contribution in [2.45, 2.75) is 26.3 Å². The Morgan fingerprint density at radius 3 is 2.30 bits per heavy atom. The molecule has 0 aliphatic rings. The molecule has 0 amide bonds. The Morgan fingerprint density at radius 2 is 1.65 bits per heavy atom. The number of ether oxygens (including phenoxy) is 2. The Labute approximate surface area is 120 Å². The summed E-state index contributed by atoms with van der Waals surface area (Å²) in [5.41, 5.74) is 8.12.